The van der Waals surface area contributed by atoms with E-state index in [1.165, 1.54) is 5.92 Å². The molecule has 0 aliphatic rings. The molecule has 0 aliphatic heterocycles. The van der Waals surface area contributed by atoms with Crippen molar-refractivity contribution in [3.63, 3.8) is 0 Å². The van der Waals surface area contributed by atoms with Gasteiger partial charge in [0.05, 0.1) is 6.42 Å². The highest BCUT2D eigenvalue weighted by Crippen LogP contribution is 2.17. The molecule has 0 N–H and O–H groups in total. The zero-order valence-electron chi connectivity index (χ0n) is 8.66. The summed E-state index contributed by atoms with van der Waals surface area (Å²) in [5.41, 5.74) is -0.741. The summed E-state index contributed by atoms with van der Waals surface area (Å²) in [6, 6.07) is 0. The van der Waals surface area contributed by atoms with E-state index in [9.17, 15) is 22.8 Å². The van der Waals surface area contributed by atoms with E-state index in [0.29, 0.717) is 0 Å². The standard InChI is InChI=1S/C10H11F3O2/c1-9(2,3)8(15)6-7(14)4-5-10(11,12)13/h6H2,1-3H3. The van der Waals surface area contributed by atoms with E-state index in [0.717, 1.165) is 5.92 Å². The van der Waals surface area contributed by atoms with Crippen molar-refractivity contribution in [3.05, 3.63) is 0 Å². The Balaban J connectivity index is 4.40. The Morgan fingerprint density at radius 2 is 1.60 bits per heavy atom. The number of ketones is 2. The second kappa shape index (κ2) is 4.47. The van der Waals surface area contributed by atoms with Gasteiger partial charge in [-0.15, -0.1) is 0 Å². The fraction of sp³-hybridized carbons (Fsp3) is 0.600. The fourth-order valence-corrected chi connectivity index (χ4v) is 0.596. The van der Waals surface area contributed by atoms with Crippen molar-refractivity contribution in [3.8, 4) is 11.8 Å². The van der Waals surface area contributed by atoms with Crippen LogP contribution in [0.15, 0.2) is 0 Å². The molecule has 0 aromatic carbocycles. The van der Waals surface area contributed by atoms with Crippen molar-refractivity contribution in [2.45, 2.75) is 33.4 Å². The van der Waals surface area contributed by atoms with Gasteiger partial charge < -0.3 is 0 Å². The smallest absolute Gasteiger partial charge is 0.299 e. The molecule has 0 aromatic rings. The Hall–Kier alpha value is -1.31. The molecule has 0 saturated heterocycles. The van der Waals surface area contributed by atoms with Crippen LogP contribution in [0.25, 0.3) is 0 Å². The molecule has 0 fully saturated rings. The number of hydrogen-bond donors (Lipinski definition) is 0. The third-order valence-corrected chi connectivity index (χ3v) is 1.50. The van der Waals surface area contributed by atoms with Crippen molar-refractivity contribution in [2.75, 3.05) is 0 Å². The number of rotatable bonds is 2. The summed E-state index contributed by atoms with van der Waals surface area (Å²) >= 11 is 0. The highest BCUT2D eigenvalue weighted by molar-refractivity contribution is 6.09. The first-order chi connectivity index (χ1) is 6.52. The van der Waals surface area contributed by atoms with Crippen LogP contribution in [0, 0.1) is 17.3 Å². The molecule has 0 heterocycles. The summed E-state index contributed by atoms with van der Waals surface area (Å²) < 4.78 is 34.7. The maximum Gasteiger partial charge on any atom is 0.458 e. The Morgan fingerprint density at radius 1 is 1.13 bits per heavy atom. The summed E-state index contributed by atoms with van der Waals surface area (Å²) in [5, 5.41) is 0. The van der Waals surface area contributed by atoms with Gasteiger partial charge in [0.15, 0.2) is 0 Å². The summed E-state index contributed by atoms with van der Waals surface area (Å²) in [7, 11) is 0. The number of Topliss-reactive ketones (excluding diaryl/α,β-unsaturated/α-hetero) is 2. The van der Waals surface area contributed by atoms with Crippen LogP contribution in [0.2, 0.25) is 0 Å². The maximum absolute atomic E-state index is 11.6. The average Bonchev–Trinajstić information content (AvgIpc) is 1.97. The predicted molar refractivity (Wildman–Crippen MR) is 47.9 cm³/mol. The van der Waals surface area contributed by atoms with Crippen LogP contribution in [0.3, 0.4) is 0 Å². The van der Waals surface area contributed by atoms with Crippen LogP contribution in [-0.2, 0) is 9.59 Å². The highest BCUT2D eigenvalue weighted by Gasteiger charge is 2.25. The lowest BCUT2D eigenvalue weighted by Crippen LogP contribution is -2.22. The Morgan fingerprint density at radius 3 is 1.93 bits per heavy atom. The molecule has 0 amide bonds. The molecule has 0 unspecified atom stereocenters. The monoisotopic (exact) mass is 220 g/mol. The molecule has 0 aliphatic carbocycles. The number of alkyl halides is 3. The average molecular weight is 220 g/mol. The first-order valence-electron chi connectivity index (χ1n) is 4.18. The minimum absolute atomic E-state index is 0.427. The second-order valence-corrected chi connectivity index (χ2v) is 4.02. The molecule has 15 heavy (non-hydrogen) atoms. The van der Waals surface area contributed by atoms with Gasteiger partial charge >= 0.3 is 6.18 Å². The van der Waals surface area contributed by atoms with Crippen LogP contribution < -0.4 is 0 Å². The first kappa shape index (κ1) is 13.7. The second-order valence-electron chi connectivity index (χ2n) is 4.02. The van der Waals surface area contributed by atoms with Gasteiger partial charge in [0.2, 0.25) is 5.78 Å². The minimum atomic E-state index is -4.69. The van der Waals surface area contributed by atoms with Crippen LogP contribution in [0.1, 0.15) is 27.2 Å². The van der Waals surface area contributed by atoms with Gasteiger partial charge in [0.25, 0.3) is 0 Å². The lowest BCUT2D eigenvalue weighted by molar-refractivity contribution is -0.130. The van der Waals surface area contributed by atoms with Crippen LogP contribution in [-0.4, -0.2) is 17.7 Å². The number of carbonyl (C=O) groups is 2. The molecular weight excluding hydrogens is 209 g/mol. The van der Waals surface area contributed by atoms with Crippen molar-refractivity contribution < 1.29 is 22.8 Å². The number of hydrogen-bond acceptors (Lipinski definition) is 2. The van der Waals surface area contributed by atoms with Gasteiger partial charge in [-0.3, -0.25) is 9.59 Å². The predicted octanol–water partition coefficient (Wildman–Crippen LogP) is 2.13. The van der Waals surface area contributed by atoms with Crippen LogP contribution in [0.5, 0.6) is 0 Å². The zero-order valence-corrected chi connectivity index (χ0v) is 8.66. The quantitative estimate of drug-likeness (QED) is 0.406. The Kier molecular flexibility index (Phi) is 4.08. The van der Waals surface area contributed by atoms with E-state index in [1.54, 1.807) is 20.8 Å². The molecule has 0 radical (unpaired) electrons. The zero-order chi connectivity index (χ0) is 12.3. The normalized spacial score (nSPS) is 11.6. The molecule has 2 nitrogen and oxygen atoms in total. The van der Waals surface area contributed by atoms with E-state index in [-0.39, 0.29) is 0 Å². The molecule has 84 valence electrons. The molecule has 0 rings (SSSR count). The van der Waals surface area contributed by atoms with Gasteiger partial charge in [-0.2, -0.15) is 13.2 Å². The van der Waals surface area contributed by atoms with Crippen molar-refractivity contribution in [2.24, 2.45) is 5.41 Å². The SMILES string of the molecule is CC(C)(C)C(=O)CC(=O)C#CC(F)(F)F. The van der Waals surface area contributed by atoms with Crippen molar-refractivity contribution in [1.29, 1.82) is 0 Å². The van der Waals surface area contributed by atoms with Crippen molar-refractivity contribution in [1.82, 2.24) is 0 Å². The molecule has 0 spiro atoms. The van der Waals surface area contributed by atoms with Gasteiger partial charge in [-0.05, 0) is 5.92 Å². The highest BCUT2D eigenvalue weighted by atomic mass is 19.4. The maximum atomic E-state index is 11.6. The lowest BCUT2D eigenvalue weighted by Gasteiger charge is -2.14. The summed E-state index contributed by atoms with van der Waals surface area (Å²) in [6.07, 6.45) is -5.27. The molecular formula is C10H11F3O2. The lowest BCUT2D eigenvalue weighted by atomic mass is 9.88. The molecule has 0 aromatic heterocycles. The molecule has 0 saturated carbocycles. The summed E-state index contributed by atoms with van der Waals surface area (Å²) in [5.74, 6) is 0.783. The largest absolute Gasteiger partial charge is 0.458 e. The molecule has 0 bridgehead atoms. The van der Waals surface area contributed by atoms with E-state index in [1.807, 2.05) is 0 Å². The first-order valence-corrected chi connectivity index (χ1v) is 4.18. The van der Waals surface area contributed by atoms with Gasteiger partial charge in [-0.25, -0.2) is 0 Å². The fourth-order valence-electron chi connectivity index (χ4n) is 0.596. The third kappa shape index (κ3) is 6.72. The number of halogens is 3. The summed E-state index contributed by atoms with van der Waals surface area (Å²) in [6.45, 7) is 4.75. The van der Waals surface area contributed by atoms with E-state index in [2.05, 4.69) is 0 Å². The van der Waals surface area contributed by atoms with Gasteiger partial charge in [0, 0.05) is 11.3 Å². The Labute approximate surface area is 85.8 Å². The van der Waals surface area contributed by atoms with Crippen LogP contribution >= 0.6 is 0 Å². The third-order valence-electron chi connectivity index (χ3n) is 1.50. The van der Waals surface area contributed by atoms with E-state index in [4.69, 9.17) is 0 Å². The Bertz CT molecular complexity index is 323. The van der Waals surface area contributed by atoms with Crippen molar-refractivity contribution >= 4 is 11.6 Å². The van der Waals surface area contributed by atoms with Crippen LogP contribution in [0.4, 0.5) is 13.2 Å². The molecule has 0 atom stereocenters. The number of carbonyl (C=O) groups excluding carboxylic acids is 2. The van der Waals surface area contributed by atoms with E-state index >= 15 is 0 Å². The minimum Gasteiger partial charge on any atom is -0.299 e. The topological polar surface area (TPSA) is 34.1 Å². The van der Waals surface area contributed by atoms with E-state index < -0.39 is 29.6 Å². The van der Waals surface area contributed by atoms with Gasteiger partial charge in [0.1, 0.15) is 5.78 Å². The molecule has 5 heteroatoms. The van der Waals surface area contributed by atoms with Gasteiger partial charge in [-0.1, -0.05) is 20.8 Å². The summed E-state index contributed by atoms with van der Waals surface area (Å²) in [4.78, 5) is 22.1.